The summed E-state index contributed by atoms with van der Waals surface area (Å²) >= 11 is 0. The van der Waals surface area contributed by atoms with Crippen LogP contribution in [0.4, 0.5) is 0 Å². The maximum Gasteiger partial charge on any atom is 0.230 e. The van der Waals surface area contributed by atoms with Gasteiger partial charge >= 0.3 is 0 Å². The lowest BCUT2D eigenvalue weighted by atomic mass is 9.70. The van der Waals surface area contributed by atoms with Gasteiger partial charge in [-0.15, -0.1) is 10.2 Å². The molecule has 0 amide bonds. The molecule has 1 aromatic rings. The zero-order valence-corrected chi connectivity index (χ0v) is 12.3. The minimum atomic E-state index is 0.501. The summed E-state index contributed by atoms with van der Waals surface area (Å²) in [5, 5.41) is 11.9. The van der Waals surface area contributed by atoms with Crippen LogP contribution in [-0.2, 0) is 6.54 Å². The molecule has 0 aromatic carbocycles. The number of hydrogen-bond donors (Lipinski definition) is 1. The van der Waals surface area contributed by atoms with Crippen LogP contribution in [0, 0.1) is 11.3 Å². The van der Waals surface area contributed by atoms with E-state index in [0.29, 0.717) is 17.4 Å². The quantitative estimate of drug-likeness (QED) is 0.906. The molecule has 4 nitrogen and oxygen atoms in total. The van der Waals surface area contributed by atoms with Crippen molar-refractivity contribution in [1.29, 1.82) is 0 Å². The fourth-order valence-electron chi connectivity index (χ4n) is 3.30. The number of nitrogens with one attached hydrogen (secondary N) is 1. The first-order valence-electron chi connectivity index (χ1n) is 7.59. The monoisotopic (exact) mass is 263 g/mol. The van der Waals surface area contributed by atoms with Gasteiger partial charge in [0.1, 0.15) is 0 Å². The van der Waals surface area contributed by atoms with Gasteiger partial charge in [-0.25, -0.2) is 0 Å². The van der Waals surface area contributed by atoms with Crippen LogP contribution in [0.15, 0.2) is 4.42 Å². The van der Waals surface area contributed by atoms with Gasteiger partial charge in [-0.1, -0.05) is 20.8 Å². The molecule has 2 aliphatic carbocycles. The van der Waals surface area contributed by atoms with Crippen LogP contribution in [0.5, 0.6) is 0 Å². The van der Waals surface area contributed by atoms with Crippen molar-refractivity contribution in [2.75, 3.05) is 0 Å². The van der Waals surface area contributed by atoms with Gasteiger partial charge in [0.05, 0.1) is 6.54 Å². The highest BCUT2D eigenvalue weighted by atomic mass is 16.4. The summed E-state index contributed by atoms with van der Waals surface area (Å²) in [5.74, 6) is 2.86. The summed E-state index contributed by atoms with van der Waals surface area (Å²) in [6.07, 6.45) is 6.26. The summed E-state index contributed by atoms with van der Waals surface area (Å²) in [6, 6.07) is 0.587. The standard InChI is InChI=1S/C15H25N3O/c1-10-8-15(2,3)7-6-12(10)16-9-13-17-18-14(19-13)11-4-5-11/h10-12,16H,4-9H2,1-3H3/t10-,12+/m0/s1. The van der Waals surface area contributed by atoms with E-state index in [2.05, 4.69) is 36.3 Å². The van der Waals surface area contributed by atoms with Crippen molar-refractivity contribution in [2.45, 2.75) is 71.4 Å². The van der Waals surface area contributed by atoms with E-state index < -0.39 is 0 Å². The number of nitrogens with zero attached hydrogens (tertiary/aromatic N) is 2. The van der Waals surface area contributed by atoms with Gasteiger partial charge < -0.3 is 9.73 Å². The third-order valence-corrected chi connectivity index (χ3v) is 4.62. The zero-order valence-electron chi connectivity index (χ0n) is 12.3. The van der Waals surface area contributed by atoms with Crippen LogP contribution in [0.3, 0.4) is 0 Å². The van der Waals surface area contributed by atoms with Gasteiger partial charge in [0, 0.05) is 12.0 Å². The Bertz CT molecular complexity index is 436. The molecule has 1 aromatic heterocycles. The second-order valence-corrected chi connectivity index (χ2v) is 7.18. The van der Waals surface area contributed by atoms with Gasteiger partial charge in [-0.05, 0) is 43.4 Å². The zero-order chi connectivity index (χ0) is 13.5. The molecule has 0 radical (unpaired) electrons. The normalized spacial score (nSPS) is 30.5. The van der Waals surface area contributed by atoms with Gasteiger partial charge in [0.15, 0.2) is 0 Å². The molecular weight excluding hydrogens is 238 g/mol. The molecule has 2 atom stereocenters. The number of hydrogen-bond acceptors (Lipinski definition) is 4. The molecular formula is C15H25N3O. The summed E-state index contributed by atoms with van der Waals surface area (Å²) in [6.45, 7) is 7.82. The Morgan fingerprint density at radius 3 is 2.74 bits per heavy atom. The Kier molecular flexibility index (Phi) is 3.37. The molecule has 106 valence electrons. The lowest BCUT2D eigenvalue weighted by Gasteiger charge is -2.39. The van der Waals surface area contributed by atoms with Crippen molar-refractivity contribution < 1.29 is 4.42 Å². The molecule has 0 spiro atoms. The maximum atomic E-state index is 5.69. The predicted octanol–water partition coefficient (Wildman–Crippen LogP) is 3.25. The topological polar surface area (TPSA) is 51.0 Å². The van der Waals surface area contributed by atoms with Crippen LogP contribution in [-0.4, -0.2) is 16.2 Å². The van der Waals surface area contributed by atoms with E-state index in [0.717, 1.165) is 24.2 Å². The number of rotatable bonds is 4. The van der Waals surface area contributed by atoms with Gasteiger partial charge in [0.2, 0.25) is 11.8 Å². The molecule has 0 unspecified atom stereocenters. The highest BCUT2D eigenvalue weighted by Gasteiger charge is 2.32. The van der Waals surface area contributed by atoms with Crippen LogP contribution >= 0.6 is 0 Å². The molecule has 2 fully saturated rings. The van der Waals surface area contributed by atoms with E-state index in [1.807, 2.05) is 0 Å². The fourth-order valence-corrected chi connectivity index (χ4v) is 3.30. The summed E-state index contributed by atoms with van der Waals surface area (Å²) in [4.78, 5) is 0. The summed E-state index contributed by atoms with van der Waals surface area (Å²) < 4.78 is 5.69. The van der Waals surface area contributed by atoms with Crippen molar-refractivity contribution in [3.8, 4) is 0 Å². The third kappa shape index (κ3) is 3.16. The van der Waals surface area contributed by atoms with E-state index in [9.17, 15) is 0 Å². The van der Waals surface area contributed by atoms with Gasteiger partial charge in [0.25, 0.3) is 0 Å². The Labute approximate surface area is 115 Å². The van der Waals surface area contributed by atoms with Crippen LogP contribution < -0.4 is 5.32 Å². The highest BCUT2D eigenvalue weighted by Crippen LogP contribution is 2.39. The maximum absolute atomic E-state index is 5.69. The van der Waals surface area contributed by atoms with E-state index in [4.69, 9.17) is 4.42 Å². The predicted molar refractivity (Wildman–Crippen MR) is 73.7 cm³/mol. The molecule has 0 saturated heterocycles. The first-order valence-corrected chi connectivity index (χ1v) is 7.59. The molecule has 4 heteroatoms. The smallest absolute Gasteiger partial charge is 0.230 e. The average Bonchev–Trinajstić information content (AvgIpc) is 3.08. The largest absolute Gasteiger partial charge is 0.424 e. The minimum Gasteiger partial charge on any atom is -0.424 e. The third-order valence-electron chi connectivity index (χ3n) is 4.62. The average molecular weight is 263 g/mol. The van der Waals surface area contributed by atoms with Crippen molar-refractivity contribution in [2.24, 2.45) is 11.3 Å². The lowest BCUT2D eigenvalue weighted by molar-refractivity contribution is 0.146. The van der Waals surface area contributed by atoms with Crippen molar-refractivity contribution >= 4 is 0 Å². The Hall–Kier alpha value is -0.900. The first-order chi connectivity index (χ1) is 9.03. The lowest BCUT2D eigenvalue weighted by Crippen LogP contribution is -2.41. The summed E-state index contributed by atoms with van der Waals surface area (Å²) in [5.41, 5.74) is 0.501. The van der Waals surface area contributed by atoms with E-state index in [-0.39, 0.29) is 0 Å². The molecule has 1 heterocycles. The second-order valence-electron chi connectivity index (χ2n) is 7.18. The highest BCUT2D eigenvalue weighted by molar-refractivity contribution is 5.00. The van der Waals surface area contributed by atoms with Crippen molar-refractivity contribution in [3.63, 3.8) is 0 Å². The van der Waals surface area contributed by atoms with Crippen LogP contribution in [0.1, 0.15) is 70.6 Å². The van der Waals surface area contributed by atoms with Crippen LogP contribution in [0.2, 0.25) is 0 Å². The molecule has 19 heavy (non-hydrogen) atoms. The minimum absolute atomic E-state index is 0.501. The Morgan fingerprint density at radius 2 is 2.05 bits per heavy atom. The molecule has 0 aliphatic heterocycles. The van der Waals surface area contributed by atoms with E-state index in [1.54, 1.807) is 0 Å². The molecule has 0 bridgehead atoms. The van der Waals surface area contributed by atoms with E-state index in [1.165, 1.54) is 32.1 Å². The Morgan fingerprint density at radius 1 is 1.26 bits per heavy atom. The molecule has 2 saturated carbocycles. The summed E-state index contributed by atoms with van der Waals surface area (Å²) in [7, 11) is 0. The second kappa shape index (κ2) is 4.89. The molecule has 1 N–H and O–H groups in total. The number of aromatic nitrogens is 2. The Balaban J connectivity index is 1.51. The fraction of sp³-hybridized carbons (Fsp3) is 0.867. The molecule has 3 rings (SSSR count). The van der Waals surface area contributed by atoms with Gasteiger partial charge in [-0.3, -0.25) is 0 Å². The van der Waals surface area contributed by atoms with Crippen LogP contribution in [0.25, 0.3) is 0 Å². The van der Waals surface area contributed by atoms with Crippen molar-refractivity contribution in [3.05, 3.63) is 11.8 Å². The first kappa shape index (κ1) is 13.1. The SMILES string of the molecule is C[C@H]1CC(C)(C)CC[C@H]1NCc1nnc(C2CC2)o1. The van der Waals surface area contributed by atoms with Gasteiger partial charge in [-0.2, -0.15) is 0 Å². The van der Waals surface area contributed by atoms with E-state index >= 15 is 0 Å². The molecule has 2 aliphatic rings. The van der Waals surface area contributed by atoms with Crippen molar-refractivity contribution in [1.82, 2.24) is 15.5 Å².